The zero-order valence-electron chi connectivity index (χ0n) is 11.5. The minimum Gasteiger partial charge on any atom is -0.369 e. The molecule has 1 aromatic heterocycles. The molecule has 114 valence electrons. The number of sulfonamides is 1. The van der Waals surface area contributed by atoms with Crippen LogP contribution in [0.15, 0.2) is 21.6 Å². The lowest BCUT2D eigenvalue weighted by Gasteiger charge is -2.15. The normalized spacial score (nSPS) is 14.8. The van der Waals surface area contributed by atoms with Gasteiger partial charge in [0.05, 0.1) is 0 Å². The highest BCUT2D eigenvalue weighted by Gasteiger charge is 2.22. The Morgan fingerprint density at radius 3 is 2.70 bits per heavy atom. The Balaban J connectivity index is 3.08. The maximum atomic E-state index is 12.4. The highest BCUT2D eigenvalue weighted by atomic mass is 79.9. The summed E-state index contributed by atoms with van der Waals surface area (Å²) in [5, 5.41) is 2.91. The Kier molecular flexibility index (Phi) is 6.56. The largest absolute Gasteiger partial charge is 0.369 e. The van der Waals surface area contributed by atoms with Crippen LogP contribution in [0.2, 0.25) is 0 Å². The molecule has 0 aromatic carbocycles. The summed E-state index contributed by atoms with van der Waals surface area (Å²) in [7, 11) is -4.79. The molecule has 2 unspecified atom stereocenters. The maximum absolute atomic E-state index is 12.4. The van der Waals surface area contributed by atoms with E-state index >= 15 is 0 Å². The van der Waals surface area contributed by atoms with Crippen LogP contribution in [0, 0.1) is 0 Å². The lowest BCUT2D eigenvalue weighted by molar-refractivity contribution is 0.570. The first-order valence-corrected chi connectivity index (χ1v) is 9.98. The van der Waals surface area contributed by atoms with E-state index in [4.69, 9.17) is 0 Å². The molecule has 0 saturated carbocycles. The predicted molar refractivity (Wildman–Crippen MR) is 84.8 cm³/mol. The van der Waals surface area contributed by atoms with Crippen molar-refractivity contribution in [3.05, 3.63) is 16.7 Å². The number of rotatable bonds is 7. The summed E-state index contributed by atoms with van der Waals surface area (Å²) in [6.45, 7) is 4.10. The second-order valence-electron chi connectivity index (χ2n) is 4.29. The van der Waals surface area contributed by atoms with E-state index in [2.05, 4.69) is 31.0 Å². The van der Waals surface area contributed by atoms with Gasteiger partial charge in [-0.3, -0.25) is 4.21 Å². The summed E-state index contributed by atoms with van der Waals surface area (Å²) in [6.07, 6.45) is 3.07. The van der Waals surface area contributed by atoms with Gasteiger partial charge < -0.3 is 5.32 Å². The van der Waals surface area contributed by atoms with E-state index in [0.717, 1.165) is 0 Å². The Labute approximate surface area is 130 Å². The van der Waals surface area contributed by atoms with Crippen LogP contribution in [-0.4, -0.2) is 42.2 Å². The molecule has 0 aliphatic rings. The van der Waals surface area contributed by atoms with Gasteiger partial charge in [0, 0.05) is 46.1 Å². The number of hydrogen-bond donors (Lipinski definition) is 2. The third-order valence-corrected chi connectivity index (χ3v) is 5.30. The van der Waals surface area contributed by atoms with E-state index in [0.29, 0.717) is 16.8 Å². The number of hydrogen-bond acceptors (Lipinski definition) is 5. The molecule has 0 saturated heterocycles. The highest BCUT2D eigenvalue weighted by molar-refractivity contribution is 9.10. The van der Waals surface area contributed by atoms with E-state index in [1.807, 2.05) is 6.92 Å². The SMILES string of the molecule is CCNc1ncc(Br)cc1S(=O)(=O)NC(C)CS(C)=O. The van der Waals surface area contributed by atoms with Gasteiger partial charge >= 0.3 is 0 Å². The van der Waals surface area contributed by atoms with Crippen molar-refractivity contribution >= 4 is 42.6 Å². The van der Waals surface area contributed by atoms with Gasteiger partial charge in [0.2, 0.25) is 10.0 Å². The summed E-state index contributed by atoms with van der Waals surface area (Å²) in [6, 6.07) is 1.07. The average Bonchev–Trinajstić information content (AvgIpc) is 2.29. The smallest absolute Gasteiger partial charge is 0.244 e. The van der Waals surface area contributed by atoms with Crippen LogP contribution in [0.5, 0.6) is 0 Å². The van der Waals surface area contributed by atoms with Gasteiger partial charge in [-0.1, -0.05) is 0 Å². The minimum atomic E-state index is -3.72. The van der Waals surface area contributed by atoms with Crippen molar-refractivity contribution in [3.63, 3.8) is 0 Å². The Morgan fingerprint density at radius 2 is 2.15 bits per heavy atom. The van der Waals surface area contributed by atoms with E-state index < -0.39 is 26.9 Å². The molecule has 9 heteroatoms. The minimum absolute atomic E-state index is 0.0717. The van der Waals surface area contributed by atoms with E-state index in [-0.39, 0.29) is 10.6 Å². The quantitative estimate of drug-likeness (QED) is 0.740. The third kappa shape index (κ3) is 5.12. The van der Waals surface area contributed by atoms with Crippen molar-refractivity contribution in [3.8, 4) is 0 Å². The highest BCUT2D eigenvalue weighted by Crippen LogP contribution is 2.22. The first-order chi connectivity index (χ1) is 9.26. The first kappa shape index (κ1) is 17.5. The summed E-state index contributed by atoms with van der Waals surface area (Å²) < 4.78 is 38.9. The van der Waals surface area contributed by atoms with Crippen molar-refractivity contribution in [2.45, 2.75) is 24.8 Å². The molecular weight excluding hydrogens is 366 g/mol. The molecule has 20 heavy (non-hydrogen) atoms. The molecule has 2 N–H and O–H groups in total. The number of pyridine rings is 1. The van der Waals surface area contributed by atoms with Crippen molar-refractivity contribution in [1.82, 2.24) is 9.71 Å². The van der Waals surface area contributed by atoms with Crippen molar-refractivity contribution in [1.29, 1.82) is 0 Å². The van der Waals surface area contributed by atoms with Gasteiger partial charge in [-0.25, -0.2) is 18.1 Å². The molecule has 0 amide bonds. The van der Waals surface area contributed by atoms with Crippen LogP contribution >= 0.6 is 15.9 Å². The van der Waals surface area contributed by atoms with Crippen molar-refractivity contribution in [2.24, 2.45) is 0 Å². The Hall–Kier alpha value is -0.510. The molecule has 0 fully saturated rings. The van der Waals surface area contributed by atoms with Crippen LogP contribution in [0.25, 0.3) is 0 Å². The van der Waals surface area contributed by atoms with E-state index in [1.165, 1.54) is 18.5 Å². The second kappa shape index (κ2) is 7.48. The van der Waals surface area contributed by atoms with Gasteiger partial charge in [0.25, 0.3) is 0 Å². The summed E-state index contributed by atoms with van der Waals surface area (Å²) >= 11 is 3.22. The third-order valence-electron chi connectivity index (χ3n) is 2.29. The maximum Gasteiger partial charge on any atom is 0.244 e. The lowest BCUT2D eigenvalue weighted by Crippen LogP contribution is -2.36. The van der Waals surface area contributed by atoms with Crippen molar-refractivity contribution in [2.75, 3.05) is 23.9 Å². The number of halogens is 1. The molecule has 0 spiro atoms. The molecule has 2 atom stereocenters. The zero-order chi connectivity index (χ0) is 15.3. The van der Waals surface area contributed by atoms with Crippen LogP contribution < -0.4 is 10.0 Å². The first-order valence-electron chi connectivity index (χ1n) is 5.98. The topological polar surface area (TPSA) is 88.2 Å². The number of aromatic nitrogens is 1. The summed E-state index contributed by atoms with van der Waals surface area (Å²) in [5.41, 5.74) is 0. The number of anilines is 1. The monoisotopic (exact) mass is 383 g/mol. The van der Waals surface area contributed by atoms with Crippen molar-refractivity contribution < 1.29 is 12.6 Å². The van der Waals surface area contributed by atoms with Gasteiger partial charge in [0.1, 0.15) is 10.7 Å². The molecule has 1 heterocycles. The molecule has 0 bridgehead atoms. The molecule has 0 aliphatic carbocycles. The van der Waals surface area contributed by atoms with Crippen LogP contribution in [0.1, 0.15) is 13.8 Å². The van der Waals surface area contributed by atoms with Gasteiger partial charge in [-0.15, -0.1) is 0 Å². The number of nitrogens with zero attached hydrogens (tertiary/aromatic N) is 1. The second-order valence-corrected chi connectivity index (χ2v) is 8.37. The fourth-order valence-electron chi connectivity index (χ4n) is 1.64. The van der Waals surface area contributed by atoms with Gasteiger partial charge in [-0.05, 0) is 35.8 Å². The Morgan fingerprint density at radius 1 is 1.50 bits per heavy atom. The lowest BCUT2D eigenvalue weighted by atomic mass is 10.4. The summed E-state index contributed by atoms with van der Waals surface area (Å²) in [4.78, 5) is 4.14. The standard InChI is InChI=1S/C11H18BrN3O3S2/c1-4-13-11-10(5-9(12)6-14-11)20(17,18)15-8(2)7-19(3)16/h5-6,8,15H,4,7H2,1-3H3,(H,13,14). The molecule has 1 aromatic rings. The fraction of sp³-hybridized carbons (Fsp3) is 0.545. The van der Waals surface area contributed by atoms with Crippen LogP contribution in [0.3, 0.4) is 0 Å². The molecule has 0 radical (unpaired) electrons. The molecular formula is C11H18BrN3O3S2. The average molecular weight is 384 g/mol. The van der Waals surface area contributed by atoms with Crippen LogP contribution in [0.4, 0.5) is 5.82 Å². The van der Waals surface area contributed by atoms with Gasteiger partial charge in [-0.2, -0.15) is 0 Å². The molecule has 0 aliphatic heterocycles. The van der Waals surface area contributed by atoms with E-state index in [9.17, 15) is 12.6 Å². The zero-order valence-corrected chi connectivity index (χ0v) is 14.7. The van der Waals surface area contributed by atoms with Gasteiger partial charge in [0.15, 0.2) is 0 Å². The molecule has 1 rings (SSSR count). The predicted octanol–water partition coefficient (Wildman–Crippen LogP) is 1.32. The van der Waals surface area contributed by atoms with Crippen LogP contribution in [-0.2, 0) is 20.8 Å². The van der Waals surface area contributed by atoms with E-state index in [1.54, 1.807) is 6.92 Å². The molecule has 6 nitrogen and oxygen atoms in total. The number of nitrogens with one attached hydrogen (secondary N) is 2. The fourth-order valence-corrected chi connectivity index (χ4v) is 4.42. The summed E-state index contributed by atoms with van der Waals surface area (Å²) in [5.74, 6) is 0.560. The Bertz CT molecular complexity index is 593.